The van der Waals surface area contributed by atoms with E-state index in [1.165, 1.54) is 0 Å². The zero-order chi connectivity index (χ0) is 17.0. The number of rotatable bonds is 6. The zero-order valence-corrected chi connectivity index (χ0v) is 13.8. The van der Waals surface area contributed by atoms with E-state index in [1.54, 1.807) is 20.0 Å². The summed E-state index contributed by atoms with van der Waals surface area (Å²) in [5, 5.41) is 19.1. The Morgan fingerprint density at radius 1 is 1.48 bits per heavy atom. The Morgan fingerprint density at radius 2 is 2.22 bits per heavy atom. The van der Waals surface area contributed by atoms with Crippen molar-refractivity contribution in [3.8, 4) is 6.07 Å². The van der Waals surface area contributed by atoms with Crippen molar-refractivity contribution in [3.05, 3.63) is 34.8 Å². The minimum Gasteiger partial charge on any atom is -0.444 e. The first-order chi connectivity index (χ1) is 10.9. The van der Waals surface area contributed by atoms with E-state index in [9.17, 15) is 4.79 Å². The van der Waals surface area contributed by atoms with Crippen LogP contribution in [0.1, 0.15) is 29.4 Å². The van der Waals surface area contributed by atoms with Crippen LogP contribution in [0, 0.1) is 32.1 Å². The molecule has 2 aromatic rings. The molecule has 0 spiro atoms. The van der Waals surface area contributed by atoms with Crippen molar-refractivity contribution in [1.82, 2.24) is 15.1 Å². The molecule has 0 radical (unpaired) electrons. The summed E-state index contributed by atoms with van der Waals surface area (Å²) in [5.41, 5.74) is 2.22. The average molecular weight is 315 g/mol. The van der Waals surface area contributed by atoms with Crippen molar-refractivity contribution in [2.75, 3.05) is 11.9 Å². The Bertz CT molecular complexity index is 738. The number of furan rings is 1. The van der Waals surface area contributed by atoms with Crippen LogP contribution in [0.25, 0.3) is 0 Å². The van der Waals surface area contributed by atoms with Crippen LogP contribution in [0.4, 0.5) is 5.88 Å². The number of nitrogens with one attached hydrogen (secondary N) is 2. The fourth-order valence-corrected chi connectivity index (χ4v) is 2.20. The predicted molar refractivity (Wildman–Crippen MR) is 86.0 cm³/mol. The van der Waals surface area contributed by atoms with Gasteiger partial charge in [0.15, 0.2) is 0 Å². The van der Waals surface area contributed by atoms with E-state index in [0.717, 1.165) is 11.1 Å². The summed E-state index contributed by atoms with van der Waals surface area (Å²) < 4.78 is 7.25. The van der Waals surface area contributed by atoms with Crippen molar-refractivity contribution in [1.29, 1.82) is 5.26 Å². The molecule has 0 unspecified atom stereocenters. The largest absolute Gasteiger partial charge is 0.444 e. The molecule has 122 valence electrons. The van der Waals surface area contributed by atoms with Crippen LogP contribution in [-0.4, -0.2) is 28.3 Å². The van der Waals surface area contributed by atoms with Crippen molar-refractivity contribution < 1.29 is 9.21 Å². The Hall–Kier alpha value is -2.59. The molecule has 0 aliphatic rings. The van der Waals surface area contributed by atoms with Gasteiger partial charge in [-0.25, -0.2) is 0 Å². The van der Waals surface area contributed by atoms with E-state index in [4.69, 9.17) is 9.68 Å². The highest BCUT2D eigenvalue weighted by Crippen LogP contribution is 2.25. The minimum atomic E-state index is -0.251. The van der Waals surface area contributed by atoms with Gasteiger partial charge in [0, 0.05) is 17.8 Å². The average Bonchev–Trinajstić information content (AvgIpc) is 3.01. The summed E-state index contributed by atoms with van der Waals surface area (Å²) in [7, 11) is 0. The lowest BCUT2D eigenvalue weighted by Gasteiger charge is -2.13. The van der Waals surface area contributed by atoms with Gasteiger partial charge in [0.05, 0.1) is 19.3 Å². The lowest BCUT2D eigenvalue weighted by atomic mass is 10.2. The molecule has 0 saturated heterocycles. The predicted octanol–water partition coefficient (Wildman–Crippen LogP) is 1.89. The third-order valence-electron chi connectivity index (χ3n) is 3.58. The van der Waals surface area contributed by atoms with Crippen LogP contribution in [0.15, 0.2) is 16.8 Å². The maximum atomic E-state index is 12.0. The molecule has 2 heterocycles. The van der Waals surface area contributed by atoms with E-state index in [-0.39, 0.29) is 24.4 Å². The first-order valence-electron chi connectivity index (χ1n) is 7.43. The van der Waals surface area contributed by atoms with Crippen LogP contribution in [0.5, 0.6) is 0 Å². The van der Waals surface area contributed by atoms with Gasteiger partial charge < -0.3 is 9.73 Å². The van der Waals surface area contributed by atoms with Crippen molar-refractivity contribution in [2.45, 2.75) is 40.3 Å². The zero-order valence-electron chi connectivity index (χ0n) is 13.8. The lowest BCUT2D eigenvalue weighted by molar-refractivity contribution is -0.115. The Labute approximate surface area is 135 Å². The van der Waals surface area contributed by atoms with Crippen molar-refractivity contribution in [3.63, 3.8) is 0 Å². The van der Waals surface area contributed by atoms with Gasteiger partial charge in [-0.3, -0.25) is 14.8 Å². The van der Waals surface area contributed by atoms with Crippen LogP contribution in [0.3, 0.4) is 0 Å². The van der Waals surface area contributed by atoms with Gasteiger partial charge in [-0.2, -0.15) is 10.4 Å². The van der Waals surface area contributed by atoms with Crippen LogP contribution >= 0.6 is 0 Å². The Morgan fingerprint density at radius 3 is 2.83 bits per heavy atom. The quantitative estimate of drug-likeness (QED) is 0.848. The normalized spacial score (nSPS) is 12.0. The number of anilines is 1. The highest BCUT2D eigenvalue weighted by molar-refractivity contribution is 5.92. The molecule has 2 aromatic heterocycles. The molecule has 1 amide bonds. The molecule has 23 heavy (non-hydrogen) atoms. The SMILES string of the molecule is Cc1cnn(C[C@H](C)NCC(=O)Nc2oc(C)c(C)c2C#N)c1. The molecule has 1 atom stereocenters. The highest BCUT2D eigenvalue weighted by atomic mass is 16.4. The molecule has 0 aliphatic carbocycles. The van der Waals surface area contributed by atoms with Gasteiger partial charge in [-0.05, 0) is 33.3 Å². The second-order valence-corrected chi connectivity index (χ2v) is 5.67. The van der Waals surface area contributed by atoms with Crippen LogP contribution in [-0.2, 0) is 11.3 Å². The molecule has 0 aromatic carbocycles. The summed E-state index contributed by atoms with van der Waals surface area (Å²) in [6.07, 6.45) is 3.75. The van der Waals surface area contributed by atoms with Gasteiger partial charge in [-0.15, -0.1) is 0 Å². The topological polar surface area (TPSA) is 95.9 Å². The molecule has 7 heteroatoms. The van der Waals surface area contributed by atoms with Crippen LogP contribution in [0.2, 0.25) is 0 Å². The summed E-state index contributed by atoms with van der Waals surface area (Å²) in [6, 6.07) is 2.13. The second-order valence-electron chi connectivity index (χ2n) is 5.67. The third kappa shape index (κ3) is 4.20. The number of aryl methyl sites for hydroxylation is 2. The first-order valence-corrected chi connectivity index (χ1v) is 7.43. The molecule has 2 N–H and O–H groups in total. The number of nitriles is 1. The molecule has 0 bridgehead atoms. The number of carbonyl (C=O) groups excluding carboxylic acids is 1. The monoisotopic (exact) mass is 315 g/mol. The summed E-state index contributed by atoms with van der Waals surface area (Å²) >= 11 is 0. The second kappa shape index (κ2) is 7.11. The van der Waals surface area contributed by atoms with Crippen molar-refractivity contribution in [2.24, 2.45) is 0 Å². The number of hydrogen-bond acceptors (Lipinski definition) is 5. The Kier molecular flexibility index (Phi) is 5.19. The van der Waals surface area contributed by atoms with Gasteiger partial charge >= 0.3 is 0 Å². The molecule has 0 aliphatic heterocycles. The van der Waals surface area contributed by atoms with E-state index in [2.05, 4.69) is 15.7 Å². The van der Waals surface area contributed by atoms with E-state index in [1.807, 2.05) is 30.8 Å². The van der Waals surface area contributed by atoms with Crippen molar-refractivity contribution >= 4 is 11.8 Å². The standard InChI is InChI=1S/C16H21N5O2/c1-10-6-19-21(8-10)9-11(2)18-7-15(22)20-16-14(5-17)12(3)13(4)23-16/h6,8,11,18H,7,9H2,1-4H3,(H,20,22)/t11-/m0/s1. The maximum Gasteiger partial charge on any atom is 0.240 e. The third-order valence-corrected chi connectivity index (χ3v) is 3.58. The summed E-state index contributed by atoms with van der Waals surface area (Å²) in [5.74, 6) is 0.593. The van der Waals surface area contributed by atoms with Gasteiger partial charge in [0.25, 0.3) is 0 Å². The molecule has 0 fully saturated rings. The maximum absolute atomic E-state index is 12.0. The van der Waals surface area contributed by atoms with Gasteiger partial charge in [-0.1, -0.05) is 0 Å². The number of hydrogen-bond donors (Lipinski definition) is 2. The van der Waals surface area contributed by atoms with E-state index >= 15 is 0 Å². The fraction of sp³-hybridized carbons (Fsp3) is 0.438. The molecular weight excluding hydrogens is 294 g/mol. The van der Waals surface area contributed by atoms with Gasteiger partial charge in [0.2, 0.25) is 11.8 Å². The Balaban J connectivity index is 1.86. The molecule has 7 nitrogen and oxygen atoms in total. The lowest BCUT2D eigenvalue weighted by Crippen LogP contribution is -2.37. The van der Waals surface area contributed by atoms with Crippen LogP contribution < -0.4 is 10.6 Å². The summed E-state index contributed by atoms with van der Waals surface area (Å²) in [4.78, 5) is 12.0. The van der Waals surface area contributed by atoms with E-state index in [0.29, 0.717) is 17.9 Å². The molecular formula is C16H21N5O2. The smallest absolute Gasteiger partial charge is 0.240 e. The summed E-state index contributed by atoms with van der Waals surface area (Å²) in [6.45, 7) is 8.31. The number of amides is 1. The number of carbonyl (C=O) groups is 1. The van der Waals surface area contributed by atoms with Gasteiger partial charge in [0.1, 0.15) is 17.4 Å². The molecule has 0 saturated carbocycles. The minimum absolute atomic E-state index is 0.0792. The number of nitrogens with zero attached hydrogens (tertiary/aromatic N) is 3. The fourth-order valence-electron chi connectivity index (χ4n) is 2.20. The van der Waals surface area contributed by atoms with E-state index < -0.39 is 0 Å². The first kappa shape index (κ1) is 16.8. The highest BCUT2D eigenvalue weighted by Gasteiger charge is 2.16. The molecule has 2 rings (SSSR count). The number of aromatic nitrogens is 2.